The maximum absolute atomic E-state index is 12.9. The molecular weight excluding hydrogens is 410 g/mol. The van der Waals surface area contributed by atoms with Gasteiger partial charge in [0.2, 0.25) is 5.91 Å². The zero-order valence-electron chi connectivity index (χ0n) is 16.2. The second-order valence-corrected chi connectivity index (χ2v) is 10.1. The fourth-order valence-corrected chi connectivity index (χ4v) is 5.48. The van der Waals surface area contributed by atoms with E-state index in [0.29, 0.717) is 30.1 Å². The first-order valence-electron chi connectivity index (χ1n) is 8.93. The Morgan fingerprint density at radius 2 is 2.25 bits per heavy atom. The minimum absolute atomic E-state index is 0.0598. The Morgan fingerprint density at radius 3 is 2.93 bits per heavy atom. The first-order valence-corrected chi connectivity index (χ1v) is 11.7. The molecule has 0 fully saturated rings. The van der Waals surface area contributed by atoms with Crippen molar-refractivity contribution in [2.75, 3.05) is 6.54 Å². The van der Waals surface area contributed by atoms with Crippen LogP contribution < -0.4 is 5.56 Å². The number of thiophene rings is 2. The number of amides is 1. The summed E-state index contributed by atoms with van der Waals surface area (Å²) in [6.07, 6.45) is 1.75. The van der Waals surface area contributed by atoms with E-state index in [2.05, 4.69) is 16.5 Å². The third-order valence-electron chi connectivity index (χ3n) is 4.49. The van der Waals surface area contributed by atoms with Crippen molar-refractivity contribution in [3.05, 3.63) is 61.7 Å². The van der Waals surface area contributed by atoms with E-state index in [1.54, 1.807) is 17.4 Å². The van der Waals surface area contributed by atoms with E-state index in [4.69, 9.17) is 0 Å². The van der Waals surface area contributed by atoms with Gasteiger partial charge in [0.15, 0.2) is 0 Å². The molecule has 1 amide bonds. The number of H-pyrrole nitrogens is 1. The van der Waals surface area contributed by atoms with Crippen LogP contribution in [0.3, 0.4) is 0 Å². The first kappa shape index (κ1) is 20.8. The minimum atomic E-state index is -0.243. The van der Waals surface area contributed by atoms with E-state index in [0.717, 1.165) is 20.1 Å². The minimum Gasteiger partial charge on any atom is -0.333 e. The zero-order chi connectivity index (χ0) is 20.3. The van der Waals surface area contributed by atoms with Gasteiger partial charge in [-0.3, -0.25) is 9.59 Å². The van der Waals surface area contributed by atoms with Crippen LogP contribution in [0.1, 0.15) is 28.1 Å². The average Bonchev–Trinajstić information content (AvgIpc) is 3.27. The zero-order valence-corrected chi connectivity index (χ0v) is 18.6. The molecule has 3 aromatic heterocycles. The maximum Gasteiger partial charge on any atom is 0.259 e. The highest BCUT2D eigenvalue weighted by molar-refractivity contribution is 7.99. The van der Waals surface area contributed by atoms with Crippen LogP contribution in [-0.2, 0) is 17.1 Å². The number of nitrogens with zero attached hydrogens (tertiary/aromatic N) is 2. The van der Waals surface area contributed by atoms with E-state index >= 15 is 0 Å². The number of thioether (sulfide) groups is 1. The Kier molecular flexibility index (Phi) is 6.74. The van der Waals surface area contributed by atoms with Gasteiger partial charge < -0.3 is 9.88 Å². The third kappa shape index (κ3) is 4.56. The van der Waals surface area contributed by atoms with Gasteiger partial charge in [-0.2, -0.15) is 0 Å². The van der Waals surface area contributed by atoms with Crippen molar-refractivity contribution >= 4 is 50.6 Å². The molecule has 28 heavy (non-hydrogen) atoms. The number of aryl methyl sites for hydroxylation is 2. The molecular formula is C20H23N3O2S3. The highest BCUT2D eigenvalue weighted by atomic mass is 32.2. The molecule has 5 nitrogen and oxygen atoms in total. The van der Waals surface area contributed by atoms with Crippen molar-refractivity contribution in [2.24, 2.45) is 0 Å². The van der Waals surface area contributed by atoms with Gasteiger partial charge in [-0.25, -0.2) is 4.98 Å². The van der Waals surface area contributed by atoms with Crippen molar-refractivity contribution in [3.8, 4) is 0 Å². The molecule has 0 aliphatic rings. The van der Waals surface area contributed by atoms with Crippen LogP contribution in [0.15, 0.2) is 35.0 Å². The standard InChI is InChI=1S/C20H23N3O2S3/c1-5-8-23(10-15-7-6-9-26-15)20(25)14(4)27-11-16-21-18(24)17-12(2)13(3)28-19(17)22-16/h5-7,9,14H,1,8,10-11H2,2-4H3,(H,21,22,24). The number of carbonyl (C=O) groups is 1. The Balaban J connectivity index is 1.69. The second kappa shape index (κ2) is 9.07. The fourth-order valence-electron chi connectivity index (χ4n) is 2.88. The van der Waals surface area contributed by atoms with Crippen LogP contribution in [-0.4, -0.2) is 32.6 Å². The van der Waals surface area contributed by atoms with Crippen LogP contribution >= 0.6 is 34.4 Å². The van der Waals surface area contributed by atoms with Crippen molar-refractivity contribution < 1.29 is 4.79 Å². The summed E-state index contributed by atoms with van der Waals surface area (Å²) in [5, 5.41) is 2.44. The SMILES string of the molecule is C=CCN(Cc1cccs1)C(=O)C(C)SCc1nc2sc(C)c(C)c2c(=O)[nH]1. The van der Waals surface area contributed by atoms with Gasteiger partial charge in [0.05, 0.1) is 22.9 Å². The summed E-state index contributed by atoms with van der Waals surface area (Å²) >= 11 is 4.66. The lowest BCUT2D eigenvalue weighted by Gasteiger charge is -2.23. The summed E-state index contributed by atoms with van der Waals surface area (Å²) in [5.74, 6) is 1.15. The molecule has 0 spiro atoms. The van der Waals surface area contributed by atoms with Crippen LogP contribution in [0, 0.1) is 13.8 Å². The third-order valence-corrected chi connectivity index (χ3v) is 7.60. The van der Waals surface area contributed by atoms with Gasteiger partial charge in [0.25, 0.3) is 5.56 Å². The van der Waals surface area contributed by atoms with E-state index < -0.39 is 0 Å². The molecule has 0 bridgehead atoms. The summed E-state index contributed by atoms with van der Waals surface area (Å²) in [7, 11) is 0. The molecule has 0 radical (unpaired) electrons. The number of rotatable bonds is 8. The summed E-state index contributed by atoms with van der Waals surface area (Å²) in [6.45, 7) is 10.7. The van der Waals surface area contributed by atoms with E-state index in [1.165, 1.54) is 23.1 Å². The average molecular weight is 434 g/mol. The molecule has 0 saturated heterocycles. The summed E-state index contributed by atoms with van der Waals surface area (Å²) in [5.41, 5.74) is 0.887. The Morgan fingerprint density at radius 1 is 1.46 bits per heavy atom. The molecule has 8 heteroatoms. The first-order chi connectivity index (χ1) is 13.4. The number of nitrogens with one attached hydrogen (secondary N) is 1. The van der Waals surface area contributed by atoms with Gasteiger partial charge in [-0.15, -0.1) is 41.0 Å². The molecule has 1 unspecified atom stereocenters. The van der Waals surface area contributed by atoms with Crippen molar-refractivity contribution in [3.63, 3.8) is 0 Å². The van der Waals surface area contributed by atoms with Crippen LogP contribution in [0.25, 0.3) is 10.2 Å². The van der Waals surface area contributed by atoms with E-state index in [-0.39, 0.29) is 16.7 Å². The van der Waals surface area contributed by atoms with Crippen molar-refractivity contribution in [1.29, 1.82) is 0 Å². The molecule has 0 aromatic carbocycles. The highest BCUT2D eigenvalue weighted by Gasteiger charge is 2.21. The lowest BCUT2D eigenvalue weighted by atomic mass is 10.2. The predicted octanol–water partition coefficient (Wildman–Crippen LogP) is 4.50. The fraction of sp³-hybridized carbons (Fsp3) is 0.350. The molecule has 1 atom stereocenters. The number of fused-ring (bicyclic) bond motifs is 1. The van der Waals surface area contributed by atoms with Gasteiger partial charge in [0, 0.05) is 16.3 Å². The molecule has 0 aliphatic heterocycles. The number of aromatic amines is 1. The molecule has 148 valence electrons. The largest absolute Gasteiger partial charge is 0.333 e. The molecule has 1 N–H and O–H groups in total. The van der Waals surface area contributed by atoms with E-state index in [1.807, 2.05) is 43.2 Å². The Bertz CT molecular complexity index is 1040. The van der Waals surface area contributed by atoms with Gasteiger partial charge >= 0.3 is 0 Å². The maximum atomic E-state index is 12.9. The lowest BCUT2D eigenvalue weighted by Crippen LogP contribution is -2.36. The van der Waals surface area contributed by atoms with Gasteiger partial charge in [-0.05, 0) is 37.8 Å². The molecule has 3 rings (SSSR count). The molecule has 3 aromatic rings. The number of hydrogen-bond acceptors (Lipinski definition) is 6. The monoisotopic (exact) mass is 433 g/mol. The van der Waals surface area contributed by atoms with Crippen LogP contribution in [0.2, 0.25) is 0 Å². The van der Waals surface area contributed by atoms with Crippen LogP contribution in [0.4, 0.5) is 0 Å². The van der Waals surface area contributed by atoms with E-state index in [9.17, 15) is 9.59 Å². The number of aromatic nitrogens is 2. The predicted molar refractivity (Wildman–Crippen MR) is 120 cm³/mol. The molecule has 3 heterocycles. The second-order valence-electron chi connectivity index (χ2n) is 6.52. The normalized spacial score (nSPS) is 12.2. The number of hydrogen-bond donors (Lipinski definition) is 1. The van der Waals surface area contributed by atoms with Crippen molar-refractivity contribution in [2.45, 2.75) is 38.3 Å². The topological polar surface area (TPSA) is 66.1 Å². The molecule has 0 aliphatic carbocycles. The quantitative estimate of drug-likeness (QED) is 0.531. The Labute approximate surface area is 176 Å². The summed E-state index contributed by atoms with van der Waals surface area (Å²) in [6, 6.07) is 4.02. The van der Waals surface area contributed by atoms with Gasteiger partial charge in [0.1, 0.15) is 10.7 Å². The highest BCUT2D eigenvalue weighted by Crippen LogP contribution is 2.27. The van der Waals surface area contributed by atoms with Crippen molar-refractivity contribution in [1.82, 2.24) is 14.9 Å². The van der Waals surface area contributed by atoms with Crippen LogP contribution in [0.5, 0.6) is 0 Å². The summed E-state index contributed by atoms with van der Waals surface area (Å²) < 4.78 is 0. The lowest BCUT2D eigenvalue weighted by molar-refractivity contribution is -0.130. The summed E-state index contributed by atoms with van der Waals surface area (Å²) in [4.78, 5) is 37.6. The van der Waals surface area contributed by atoms with Gasteiger partial charge in [-0.1, -0.05) is 12.1 Å². The smallest absolute Gasteiger partial charge is 0.259 e. The number of carbonyl (C=O) groups excluding carboxylic acids is 1. The molecule has 0 saturated carbocycles. The Hall–Kier alpha value is -1.90.